The van der Waals surface area contributed by atoms with Crippen LogP contribution in [0, 0.1) is 6.92 Å². The van der Waals surface area contributed by atoms with E-state index in [0.717, 1.165) is 29.4 Å². The van der Waals surface area contributed by atoms with Gasteiger partial charge < -0.3 is 14.5 Å². The Morgan fingerprint density at radius 2 is 2.00 bits per heavy atom. The Hall–Kier alpha value is -1.74. The van der Waals surface area contributed by atoms with Gasteiger partial charge in [-0.1, -0.05) is 18.2 Å². The Labute approximate surface area is 101 Å². The van der Waals surface area contributed by atoms with Crippen LogP contribution in [-0.4, -0.2) is 7.05 Å². The molecule has 0 aliphatic rings. The minimum atomic E-state index is 0.467. The van der Waals surface area contributed by atoms with Gasteiger partial charge in [-0.2, -0.15) is 0 Å². The van der Waals surface area contributed by atoms with Crippen LogP contribution < -0.4 is 10.1 Å². The van der Waals surface area contributed by atoms with Gasteiger partial charge in [0.2, 0.25) is 0 Å². The fourth-order valence-electron chi connectivity index (χ4n) is 1.69. The van der Waals surface area contributed by atoms with E-state index in [0.29, 0.717) is 6.61 Å². The molecule has 0 spiro atoms. The predicted octanol–water partition coefficient (Wildman–Crippen LogP) is 2.89. The summed E-state index contributed by atoms with van der Waals surface area (Å²) in [6, 6.07) is 11.9. The van der Waals surface area contributed by atoms with E-state index in [2.05, 4.69) is 11.4 Å². The van der Waals surface area contributed by atoms with E-state index in [1.165, 1.54) is 0 Å². The summed E-state index contributed by atoms with van der Waals surface area (Å²) in [5.74, 6) is 2.66. The van der Waals surface area contributed by atoms with Gasteiger partial charge in [-0.05, 0) is 32.2 Å². The molecule has 0 fully saturated rings. The predicted molar refractivity (Wildman–Crippen MR) is 67.0 cm³/mol. The Bertz CT molecular complexity index is 477. The zero-order chi connectivity index (χ0) is 12.1. The lowest BCUT2D eigenvalue weighted by Crippen LogP contribution is -2.07. The molecule has 0 aliphatic heterocycles. The second kappa shape index (κ2) is 5.55. The average Bonchev–Trinajstić information content (AvgIpc) is 2.74. The lowest BCUT2D eigenvalue weighted by atomic mass is 10.2. The summed E-state index contributed by atoms with van der Waals surface area (Å²) < 4.78 is 11.2. The molecule has 0 saturated heterocycles. The van der Waals surface area contributed by atoms with E-state index in [-0.39, 0.29) is 0 Å². The van der Waals surface area contributed by atoms with Crippen LogP contribution in [0.15, 0.2) is 40.8 Å². The van der Waals surface area contributed by atoms with Crippen LogP contribution in [0.25, 0.3) is 0 Å². The molecule has 17 heavy (non-hydrogen) atoms. The number of furan rings is 1. The highest BCUT2D eigenvalue weighted by Crippen LogP contribution is 2.19. The van der Waals surface area contributed by atoms with Gasteiger partial charge in [0.15, 0.2) is 0 Å². The SMILES string of the molecule is CNCc1ccccc1OCc1ccc(C)o1. The fourth-order valence-corrected chi connectivity index (χ4v) is 1.69. The minimum absolute atomic E-state index is 0.467. The van der Waals surface area contributed by atoms with E-state index in [9.17, 15) is 0 Å². The van der Waals surface area contributed by atoms with E-state index >= 15 is 0 Å². The third-order valence-corrected chi connectivity index (χ3v) is 2.51. The van der Waals surface area contributed by atoms with Gasteiger partial charge in [-0.15, -0.1) is 0 Å². The second-order valence-corrected chi connectivity index (χ2v) is 3.94. The number of benzene rings is 1. The number of ether oxygens (including phenoxy) is 1. The maximum Gasteiger partial charge on any atom is 0.146 e. The zero-order valence-electron chi connectivity index (χ0n) is 10.2. The molecule has 2 aromatic rings. The topological polar surface area (TPSA) is 34.4 Å². The summed E-state index contributed by atoms with van der Waals surface area (Å²) in [5.41, 5.74) is 1.15. The highest BCUT2D eigenvalue weighted by atomic mass is 16.5. The number of hydrogen-bond acceptors (Lipinski definition) is 3. The first-order valence-corrected chi connectivity index (χ1v) is 5.70. The van der Waals surface area contributed by atoms with Crippen LogP contribution in [0.1, 0.15) is 17.1 Å². The minimum Gasteiger partial charge on any atom is -0.485 e. The van der Waals surface area contributed by atoms with Crippen molar-refractivity contribution in [3.8, 4) is 5.75 Å². The summed E-state index contributed by atoms with van der Waals surface area (Å²) in [6.07, 6.45) is 0. The van der Waals surface area contributed by atoms with Gasteiger partial charge in [0.25, 0.3) is 0 Å². The number of nitrogens with one attached hydrogen (secondary N) is 1. The molecule has 0 atom stereocenters. The third kappa shape index (κ3) is 3.11. The first-order valence-electron chi connectivity index (χ1n) is 5.70. The molecule has 0 amide bonds. The molecule has 1 N–H and O–H groups in total. The lowest BCUT2D eigenvalue weighted by molar-refractivity contribution is 0.265. The molecule has 90 valence electrons. The van der Waals surface area contributed by atoms with E-state index in [4.69, 9.17) is 9.15 Å². The monoisotopic (exact) mass is 231 g/mol. The number of para-hydroxylation sites is 1. The zero-order valence-corrected chi connectivity index (χ0v) is 10.2. The Morgan fingerprint density at radius 3 is 2.71 bits per heavy atom. The highest BCUT2D eigenvalue weighted by molar-refractivity contribution is 5.33. The smallest absolute Gasteiger partial charge is 0.146 e. The lowest BCUT2D eigenvalue weighted by Gasteiger charge is -2.09. The molecule has 2 rings (SSSR count). The Morgan fingerprint density at radius 1 is 1.18 bits per heavy atom. The maximum absolute atomic E-state index is 5.76. The molecular formula is C14H17NO2. The van der Waals surface area contributed by atoms with Gasteiger partial charge in [-0.25, -0.2) is 0 Å². The van der Waals surface area contributed by atoms with E-state index in [1.807, 2.05) is 44.3 Å². The largest absolute Gasteiger partial charge is 0.485 e. The van der Waals surface area contributed by atoms with Crippen LogP contribution in [-0.2, 0) is 13.2 Å². The molecule has 1 heterocycles. The normalized spacial score (nSPS) is 10.5. The fraction of sp³-hybridized carbons (Fsp3) is 0.286. The summed E-state index contributed by atoms with van der Waals surface area (Å²) in [6.45, 7) is 3.19. The molecule has 0 unspecified atom stereocenters. The van der Waals surface area contributed by atoms with Crippen molar-refractivity contribution in [2.45, 2.75) is 20.1 Å². The molecule has 1 aromatic heterocycles. The van der Waals surface area contributed by atoms with Gasteiger partial charge in [0.1, 0.15) is 23.9 Å². The van der Waals surface area contributed by atoms with Crippen LogP contribution in [0.3, 0.4) is 0 Å². The van der Waals surface area contributed by atoms with E-state index < -0.39 is 0 Å². The van der Waals surface area contributed by atoms with Crippen molar-refractivity contribution in [3.05, 3.63) is 53.5 Å². The molecule has 0 radical (unpaired) electrons. The van der Waals surface area contributed by atoms with Crippen molar-refractivity contribution >= 4 is 0 Å². The molecule has 1 aromatic carbocycles. The van der Waals surface area contributed by atoms with Gasteiger partial charge in [0.05, 0.1) is 0 Å². The molecule has 3 heteroatoms. The van der Waals surface area contributed by atoms with Crippen LogP contribution in [0.5, 0.6) is 5.75 Å². The quantitative estimate of drug-likeness (QED) is 0.859. The average molecular weight is 231 g/mol. The second-order valence-electron chi connectivity index (χ2n) is 3.94. The molecule has 0 bridgehead atoms. The van der Waals surface area contributed by atoms with Crippen molar-refractivity contribution in [1.29, 1.82) is 0 Å². The first kappa shape index (κ1) is 11.7. The summed E-state index contributed by atoms with van der Waals surface area (Å²) in [5, 5.41) is 3.12. The maximum atomic E-state index is 5.76. The third-order valence-electron chi connectivity index (χ3n) is 2.51. The highest BCUT2D eigenvalue weighted by Gasteiger charge is 2.04. The van der Waals surface area contributed by atoms with Crippen LogP contribution >= 0.6 is 0 Å². The molecule has 0 saturated carbocycles. The standard InChI is InChI=1S/C14H17NO2/c1-11-7-8-13(17-11)10-16-14-6-4-3-5-12(14)9-15-2/h3-8,15H,9-10H2,1-2H3. The van der Waals surface area contributed by atoms with Crippen molar-refractivity contribution in [2.24, 2.45) is 0 Å². The molecular weight excluding hydrogens is 214 g/mol. The summed E-state index contributed by atoms with van der Waals surface area (Å²) in [7, 11) is 1.92. The number of aryl methyl sites for hydroxylation is 1. The van der Waals surface area contributed by atoms with Crippen LogP contribution in [0.2, 0.25) is 0 Å². The Kier molecular flexibility index (Phi) is 3.83. The van der Waals surface area contributed by atoms with Gasteiger partial charge >= 0.3 is 0 Å². The van der Waals surface area contributed by atoms with E-state index in [1.54, 1.807) is 0 Å². The van der Waals surface area contributed by atoms with Crippen molar-refractivity contribution < 1.29 is 9.15 Å². The Balaban J connectivity index is 2.03. The molecule has 0 aliphatic carbocycles. The van der Waals surface area contributed by atoms with Crippen molar-refractivity contribution in [2.75, 3.05) is 7.05 Å². The van der Waals surface area contributed by atoms with Crippen molar-refractivity contribution in [1.82, 2.24) is 5.32 Å². The van der Waals surface area contributed by atoms with Gasteiger partial charge in [0, 0.05) is 12.1 Å². The summed E-state index contributed by atoms with van der Waals surface area (Å²) >= 11 is 0. The first-order chi connectivity index (χ1) is 8.29. The van der Waals surface area contributed by atoms with Gasteiger partial charge in [-0.3, -0.25) is 0 Å². The van der Waals surface area contributed by atoms with Crippen LogP contribution in [0.4, 0.5) is 0 Å². The van der Waals surface area contributed by atoms with Crippen molar-refractivity contribution in [3.63, 3.8) is 0 Å². The number of rotatable bonds is 5. The molecule has 3 nitrogen and oxygen atoms in total. The number of hydrogen-bond donors (Lipinski definition) is 1. The summed E-state index contributed by atoms with van der Waals surface area (Å²) in [4.78, 5) is 0.